The van der Waals surface area contributed by atoms with Crippen LogP contribution in [-0.4, -0.2) is 27.8 Å². The van der Waals surface area contributed by atoms with Gasteiger partial charge in [0.25, 0.3) is 5.69 Å². The largest absolute Gasteiger partial charge is 0.399 e. The highest BCUT2D eigenvalue weighted by Gasteiger charge is 2.26. The molecule has 2 atom stereocenters. The van der Waals surface area contributed by atoms with Crippen LogP contribution in [0.25, 0.3) is 10.4 Å². The van der Waals surface area contributed by atoms with Crippen LogP contribution in [0.2, 0.25) is 0 Å². The van der Waals surface area contributed by atoms with E-state index in [2.05, 4.69) is 10.0 Å². The van der Waals surface area contributed by atoms with E-state index < -0.39 is 17.1 Å². The summed E-state index contributed by atoms with van der Waals surface area (Å²) in [4.78, 5) is 12.7. The summed E-state index contributed by atoms with van der Waals surface area (Å²) in [5.74, 6) is 0. The van der Waals surface area contributed by atoms with Gasteiger partial charge in [0.2, 0.25) is 0 Å². The SMILES string of the molecule is [N-]=[N+]=NCCC(O)C(O)c1cc(N)ccc1[N+](=O)[O-]. The van der Waals surface area contributed by atoms with Gasteiger partial charge in [-0.2, -0.15) is 0 Å². The molecule has 0 saturated heterocycles. The summed E-state index contributed by atoms with van der Waals surface area (Å²) in [7, 11) is 0. The molecule has 0 saturated carbocycles. The van der Waals surface area contributed by atoms with Crippen molar-refractivity contribution in [3.05, 3.63) is 44.3 Å². The zero-order valence-corrected chi connectivity index (χ0v) is 9.88. The molecule has 9 nitrogen and oxygen atoms in total. The van der Waals surface area contributed by atoms with E-state index in [9.17, 15) is 20.3 Å². The Morgan fingerprint density at radius 2 is 2.21 bits per heavy atom. The number of nitro groups is 1. The van der Waals surface area contributed by atoms with Crippen molar-refractivity contribution in [3.8, 4) is 0 Å². The highest BCUT2D eigenvalue weighted by molar-refractivity contribution is 5.52. The number of hydrogen-bond acceptors (Lipinski definition) is 6. The highest BCUT2D eigenvalue weighted by Crippen LogP contribution is 2.30. The lowest BCUT2D eigenvalue weighted by molar-refractivity contribution is -0.386. The standard InChI is InChI=1S/C10H13N5O4/c11-6-1-2-8(15(18)19)7(5-6)10(17)9(16)3-4-13-14-12/h1-2,5,9-10,16-17H,3-4,11H2. The Hall–Kier alpha value is -2.35. The van der Waals surface area contributed by atoms with Crippen LogP contribution in [-0.2, 0) is 0 Å². The molecule has 102 valence electrons. The monoisotopic (exact) mass is 267 g/mol. The molecule has 0 aliphatic heterocycles. The number of aliphatic hydroxyl groups is 2. The number of rotatable bonds is 6. The Kier molecular flexibility index (Phi) is 5.07. The van der Waals surface area contributed by atoms with E-state index in [1.165, 1.54) is 12.1 Å². The minimum Gasteiger partial charge on any atom is -0.399 e. The normalized spacial score (nSPS) is 13.4. The molecule has 0 aliphatic rings. The van der Waals surface area contributed by atoms with E-state index in [0.717, 1.165) is 6.07 Å². The first-order valence-electron chi connectivity index (χ1n) is 5.38. The van der Waals surface area contributed by atoms with Crippen LogP contribution in [0.5, 0.6) is 0 Å². The fourth-order valence-electron chi connectivity index (χ4n) is 1.58. The van der Waals surface area contributed by atoms with Gasteiger partial charge in [-0.05, 0) is 24.1 Å². The van der Waals surface area contributed by atoms with Crippen molar-refractivity contribution in [3.63, 3.8) is 0 Å². The van der Waals surface area contributed by atoms with Gasteiger partial charge < -0.3 is 15.9 Å². The zero-order chi connectivity index (χ0) is 14.4. The molecule has 0 amide bonds. The van der Waals surface area contributed by atoms with E-state index in [0.29, 0.717) is 0 Å². The summed E-state index contributed by atoms with van der Waals surface area (Å²) in [5.41, 5.74) is 13.4. The number of nitro benzene ring substituents is 1. The van der Waals surface area contributed by atoms with Gasteiger partial charge in [0.1, 0.15) is 6.10 Å². The molecule has 0 aromatic heterocycles. The Bertz CT molecular complexity index is 515. The van der Waals surface area contributed by atoms with Gasteiger partial charge in [-0.25, -0.2) is 0 Å². The molecule has 0 spiro atoms. The second-order valence-corrected chi connectivity index (χ2v) is 3.83. The molecular weight excluding hydrogens is 254 g/mol. The van der Waals surface area contributed by atoms with Gasteiger partial charge in [0.05, 0.1) is 16.6 Å². The number of aliphatic hydroxyl groups excluding tert-OH is 2. The molecule has 9 heteroatoms. The summed E-state index contributed by atoms with van der Waals surface area (Å²) in [6, 6.07) is 3.73. The van der Waals surface area contributed by atoms with Crippen molar-refractivity contribution in [2.45, 2.75) is 18.6 Å². The van der Waals surface area contributed by atoms with Crippen molar-refractivity contribution in [2.75, 3.05) is 12.3 Å². The first-order chi connectivity index (χ1) is 8.97. The summed E-state index contributed by atoms with van der Waals surface area (Å²) in [6.45, 7) is -0.0230. The highest BCUT2D eigenvalue weighted by atomic mass is 16.6. The van der Waals surface area contributed by atoms with Gasteiger partial charge in [0, 0.05) is 23.2 Å². The van der Waals surface area contributed by atoms with E-state index in [4.69, 9.17) is 11.3 Å². The molecule has 0 bridgehead atoms. The molecule has 2 unspecified atom stereocenters. The maximum atomic E-state index is 10.8. The third kappa shape index (κ3) is 3.81. The fraction of sp³-hybridized carbons (Fsp3) is 0.400. The lowest BCUT2D eigenvalue weighted by atomic mass is 10.00. The lowest BCUT2D eigenvalue weighted by Crippen LogP contribution is -2.20. The average Bonchev–Trinajstić information content (AvgIpc) is 2.37. The maximum Gasteiger partial charge on any atom is 0.275 e. The zero-order valence-electron chi connectivity index (χ0n) is 9.88. The predicted molar refractivity (Wildman–Crippen MR) is 67.1 cm³/mol. The number of nitrogen functional groups attached to an aromatic ring is 1. The number of nitrogens with two attached hydrogens (primary N) is 1. The van der Waals surface area contributed by atoms with Crippen molar-refractivity contribution < 1.29 is 15.1 Å². The van der Waals surface area contributed by atoms with Crippen LogP contribution in [0, 0.1) is 10.1 Å². The average molecular weight is 267 g/mol. The van der Waals surface area contributed by atoms with Crippen LogP contribution in [0.1, 0.15) is 18.1 Å². The van der Waals surface area contributed by atoms with Crippen LogP contribution in [0.15, 0.2) is 23.3 Å². The second kappa shape index (κ2) is 6.55. The summed E-state index contributed by atoms with van der Waals surface area (Å²) in [6.07, 6.45) is -2.78. The first-order valence-corrected chi connectivity index (χ1v) is 5.38. The van der Waals surface area contributed by atoms with Crippen LogP contribution in [0.4, 0.5) is 11.4 Å². The van der Waals surface area contributed by atoms with E-state index in [1.54, 1.807) is 0 Å². The minimum absolute atomic E-state index is 0.0167. The Labute approximate surface area is 108 Å². The van der Waals surface area contributed by atoms with Crippen molar-refractivity contribution in [1.82, 2.24) is 0 Å². The molecule has 0 radical (unpaired) electrons. The van der Waals surface area contributed by atoms with Crippen molar-refractivity contribution >= 4 is 11.4 Å². The number of azide groups is 1. The number of anilines is 1. The molecule has 0 fully saturated rings. The van der Waals surface area contributed by atoms with Crippen LogP contribution < -0.4 is 5.73 Å². The van der Waals surface area contributed by atoms with Gasteiger partial charge in [-0.15, -0.1) is 0 Å². The molecule has 19 heavy (non-hydrogen) atoms. The predicted octanol–water partition coefficient (Wildman–Crippen LogP) is 1.27. The third-order valence-electron chi connectivity index (χ3n) is 2.52. The van der Waals surface area contributed by atoms with Gasteiger partial charge >= 0.3 is 0 Å². The Balaban J connectivity index is 2.96. The number of hydrogen-bond donors (Lipinski definition) is 3. The number of nitrogens with zero attached hydrogens (tertiary/aromatic N) is 4. The van der Waals surface area contributed by atoms with E-state index in [-0.39, 0.29) is 29.9 Å². The smallest absolute Gasteiger partial charge is 0.275 e. The van der Waals surface area contributed by atoms with E-state index >= 15 is 0 Å². The minimum atomic E-state index is -1.47. The molecule has 1 rings (SSSR count). The number of benzene rings is 1. The maximum absolute atomic E-state index is 10.8. The van der Waals surface area contributed by atoms with Crippen LogP contribution >= 0.6 is 0 Å². The van der Waals surface area contributed by atoms with E-state index in [1.807, 2.05) is 0 Å². The van der Waals surface area contributed by atoms with Gasteiger partial charge in [-0.3, -0.25) is 10.1 Å². The molecule has 1 aromatic rings. The Morgan fingerprint density at radius 3 is 2.79 bits per heavy atom. The second-order valence-electron chi connectivity index (χ2n) is 3.83. The Morgan fingerprint density at radius 1 is 1.53 bits per heavy atom. The molecule has 1 aromatic carbocycles. The van der Waals surface area contributed by atoms with Crippen molar-refractivity contribution in [1.29, 1.82) is 0 Å². The summed E-state index contributed by atoms with van der Waals surface area (Å²) < 4.78 is 0. The third-order valence-corrected chi connectivity index (χ3v) is 2.52. The van der Waals surface area contributed by atoms with Crippen molar-refractivity contribution in [2.24, 2.45) is 5.11 Å². The summed E-state index contributed by atoms with van der Waals surface area (Å²) >= 11 is 0. The first kappa shape index (κ1) is 14.7. The van der Waals surface area contributed by atoms with Gasteiger partial charge in [0.15, 0.2) is 0 Å². The quantitative estimate of drug-likeness (QED) is 0.176. The van der Waals surface area contributed by atoms with Gasteiger partial charge in [-0.1, -0.05) is 5.11 Å². The topological polar surface area (TPSA) is 158 Å². The lowest BCUT2D eigenvalue weighted by Gasteiger charge is -2.17. The molecular formula is C10H13N5O4. The molecule has 0 aliphatic carbocycles. The fourth-order valence-corrected chi connectivity index (χ4v) is 1.58. The molecule has 0 heterocycles. The molecule has 4 N–H and O–H groups in total. The summed E-state index contributed by atoms with van der Waals surface area (Å²) in [5, 5.41) is 33.6. The van der Waals surface area contributed by atoms with Crippen LogP contribution in [0.3, 0.4) is 0 Å².